The predicted octanol–water partition coefficient (Wildman–Crippen LogP) is 4.53. The number of amides is 1. The SMILES string of the molecule is COc1ccc(N2CCN(C(=O)CSCc3nc4cccnc4n3C3CCCCC3)CC2)cc1. The number of nitrogens with zero attached hydrogens (tertiary/aromatic N) is 5. The Balaban J connectivity index is 1.16. The monoisotopic (exact) mass is 479 g/mol. The van der Waals surface area contributed by atoms with Crippen molar-refractivity contribution in [1.29, 1.82) is 0 Å². The first kappa shape index (κ1) is 23.0. The van der Waals surface area contributed by atoms with E-state index in [1.165, 1.54) is 37.8 Å². The second kappa shape index (κ2) is 10.7. The molecule has 1 aromatic carbocycles. The highest BCUT2D eigenvalue weighted by atomic mass is 32.2. The number of anilines is 1. The molecule has 2 aliphatic rings. The Morgan fingerprint density at radius 1 is 1.06 bits per heavy atom. The van der Waals surface area contributed by atoms with Crippen LogP contribution in [0.4, 0.5) is 5.69 Å². The van der Waals surface area contributed by atoms with E-state index in [4.69, 9.17) is 9.72 Å². The van der Waals surface area contributed by atoms with Crippen LogP contribution in [0.15, 0.2) is 42.6 Å². The van der Waals surface area contributed by atoms with E-state index in [9.17, 15) is 4.79 Å². The Kier molecular flexibility index (Phi) is 7.23. The summed E-state index contributed by atoms with van der Waals surface area (Å²) in [5.41, 5.74) is 3.13. The fourth-order valence-corrected chi connectivity index (χ4v) is 5.97. The van der Waals surface area contributed by atoms with Crippen molar-refractivity contribution in [3.8, 4) is 5.75 Å². The summed E-state index contributed by atoms with van der Waals surface area (Å²) in [6.45, 7) is 3.23. The van der Waals surface area contributed by atoms with Crippen molar-refractivity contribution in [1.82, 2.24) is 19.4 Å². The van der Waals surface area contributed by atoms with Gasteiger partial charge in [-0.2, -0.15) is 0 Å². The zero-order chi connectivity index (χ0) is 23.3. The molecule has 34 heavy (non-hydrogen) atoms. The van der Waals surface area contributed by atoms with Crippen LogP contribution in [0, 0.1) is 0 Å². The third-order valence-corrected chi connectivity index (χ3v) is 7.90. The van der Waals surface area contributed by atoms with Gasteiger partial charge < -0.3 is 19.1 Å². The molecule has 8 heteroatoms. The average molecular weight is 480 g/mol. The zero-order valence-electron chi connectivity index (χ0n) is 19.9. The number of piperazine rings is 1. The van der Waals surface area contributed by atoms with Crippen LogP contribution >= 0.6 is 11.8 Å². The van der Waals surface area contributed by atoms with Crippen molar-refractivity contribution < 1.29 is 9.53 Å². The fourth-order valence-electron chi connectivity index (χ4n) is 5.13. The molecule has 2 fully saturated rings. The van der Waals surface area contributed by atoms with Gasteiger partial charge in [-0.25, -0.2) is 9.97 Å². The molecule has 1 saturated carbocycles. The van der Waals surface area contributed by atoms with Gasteiger partial charge in [0, 0.05) is 44.1 Å². The zero-order valence-corrected chi connectivity index (χ0v) is 20.7. The highest BCUT2D eigenvalue weighted by molar-refractivity contribution is 7.99. The Morgan fingerprint density at radius 3 is 2.56 bits per heavy atom. The van der Waals surface area contributed by atoms with Crippen molar-refractivity contribution in [3.05, 3.63) is 48.4 Å². The highest BCUT2D eigenvalue weighted by Crippen LogP contribution is 2.33. The van der Waals surface area contributed by atoms with E-state index in [0.717, 1.165) is 54.7 Å². The molecule has 3 heterocycles. The van der Waals surface area contributed by atoms with Crippen molar-refractivity contribution in [2.24, 2.45) is 0 Å². The number of thioether (sulfide) groups is 1. The Bertz CT molecular complexity index is 1100. The lowest BCUT2D eigenvalue weighted by molar-refractivity contribution is -0.128. The number of hydrogen-bond acceptors (Lipinski definition) is 6. The molecule has 1 aliphatic heterocycles. The minimum Gasteiger partial charge on any atom is -0.497 e. The van der Waals surface area contributed by atoms with Crippen molar-refractivity contribution in [2.45, 2.75) is 43.9 Å². The van der Waals surface area contributed by atoms with Crippen molar-refractivity contribution >= 4 is 34.5 Å². The second-order valence-corrected chi connectivity index (χ2v) is 10.1. The normalized spacial score (nSPS) is 17.3. The molecule has 0 spiro atoms. The maximum Gasteiger partial charge on any atom is 0.232 e. The van der Waals surface area contributed by atoms with Gasteiger partial charge >= 0.3 is 0 Å². The molecular weight excluding hydrogens is 446 g/mol. The lowest BCUT2D eigenvalue weighted by atomic mass is 9.95. The Labute approximate surface area is 205 Å². The predicted molar refractivity (Wildman–Crippen MR) is 138 cm³/mol. The lowest BCUT2D eigenvalue weighted by Crippen LogP contribution is -2.49. The van der Waals surface area contributed by atoms with Crippen LogP contribution in [0.25, 0.3) is 11.2 Å². The minimum absolute atomic E-state index is 0.220. The molecule has 0 unspecified atom stereocenters. The number of ether oxygens (including phenoxy) is 1. The van der Waals surface area contributed by atoms with Crippen LogP contribution in [0.2, 0.25) is 0 Å². The smallest absolute Gasteiger partial charge is 0.232 e. The van der Waals surface area contributed by atoms with Gasteiger partial charge in [0.25, 0.3) is 0 Å². The molecule has 5 rings (SSSR count). The third-order valence-electron chi connectivity index (χ3n) is 6.99. The van der Waals surface area contributed by atoms with Gasteiger partial charge in [-0.1, -0.05) is 19.3 Å². The van der Waals surface area contributed by atoms with E-state index in [1.54, 1.807) is 18.9 Å². The number of hydrogen-bond donors (Lipinski definition) is 0. The van der Waals surface area contributed by atoms with Crippen LogP contribution in [0.1, 0.15) is 44.0 Å². The van der Waals surface area contributed by atoms with Gasteiger partial charge in [-0.05, 0) is 49.2 Å². The summed E-state index contributed by atoms with van der Waals surface area (Å²) < 4.78 is 7.61. The second-order valence-electron chi connectivity index (χ2n) is 9.09. The van der Waals surface area contributed by atoms with Crippen LogP contribution in [0.5, 0.6) is 5.75 Å². The van der Waals surface area contributed by atoms with Gasteiger partial charge in [0.1, 0.15) is 17.1 Å². The molecule has 0 radical (unpaired) electrons. The summed E-state index contributed by atoms with van der Waals surface area (Å²) >= 11 is 1.67. The number of fused-ring (bicyclic) bond motifs is 1. The summed E-state index contributed by atoms with van der Waals surface area (Å²) in [7, 11) is 1.68. The molecule has 1 saturated heterocycles. The molecular formula is C26H33N5O2S. The quantitative estimate of drug-likeness (QED) is 0.496. The summed E-state index contributed by atoms with van der Waals surface area (Å²) in [5.74, 6) is 3.37. The summed E-state index contributed by atoms with van der Waals surface area (Å²) in [6.07, 6.45) is 8.10. The van der Waals surface area contributed by atoms with Gasteiger partial charge in [0.2, 0.25) is 5.91 Å². The van der Waals surface area contributed by atoms with Crippen molar-refractivity contribution in [3.63, 3.8) is 0 Å². The number of aromatic nitrogens is 3. The number of carbonyl (C=O) groups is 1. The molecule has 0 N–H and O–H groups in total. The van der Waals surface area contributed by atoms with E-state index >= 15 is 0 Å². The first-order valence-corrected chi connectivity index (χ1v) is 13.4. The summed E-state index contributed by atoms with van der Waals surface area (Å²) in [5, 5.41) is 0. The lowest BCUT2D eigenvalue weighted by Gasteiger charge is -2.36. The molecule has 3 aromatic rings. The Morgan fingerprint density at radius 2 is 1.82 bits per heavy atom. The van der Waals surface area contributed by atoms with Crippen molar-refractivity contribution in [2.75, 3.05) is 43.9 Å². The molecule has 7 nitrogen and oxygen atoms in total. The van der Waals surface area contributed by atoms with E-state index in [1.807, 2.05) is 35.4 Å². The minimum atomic E-state index is 0.220. The van der Waals surface area contributed by atoms with Gasteiger partial charge in [-0.3, -0.25) is 4.79 Å². The van der Waals surface area contributed by atoms with Crippen LogP contribution < -0.4 is 9.64 Å². The number of carbonyl (C=O) groups excluding carboxylic acids is 1. The number of imidazole rings is 1. The molecule has 1 amide bonds. The van der Waals surface area contributed by atoms with E-state index in [2.05, 4.69) is 26.6 Å². The standard InChI is InChI=1S/C26H33N5O2S/c1-33-22-11-9-20(10-12-22)29-14-16-30(17-15-29)25(32)19-34-18-24-28-23-8-5-13-27-26(23)31(24)21-6-3-2-4-7-21/h5,8-13,21H,2-4,6-7,14-19H2,1H3. The molecule has 0 bridgehead atoms. The Hall–Kier alpha value is -2.74. The molecule has 0 atom stereocenters. The number of benzene rings is 1. The maximum absolute atomic E-state index is 12.9. The fraction of sp³-hybridized carbons (Fsp3) is 0.500. The molecule has 2 aromatic heterocycles. The topological polar surface area (TPSA) is 63.5 Å². The van der Waals surface area contributed by atoms with Gasteiger partial charge in [0.15, 0.2) is 5.65 Å². The molecule has 1 aliphatic carbocycles. The third kappa shape index (κ3) is 5.02. The largest absolute Gasteiger partial charge is 0.497 e. The first-order valence-electron chi connectivity index (χ1n) is 12.3. The first-order chi connectivity index (χ1) is 16.7. The number of pyridine rings is 1. The average Bonchev–Trinajstić information content (AvgIpc) is 3.27. The van der Waals surface area contributed by atoms with E-state index in [0.29, 0.717) is 11.8 Å². The van der Waals surface area contributed by atoms with Crippen LogP contribution in [-0.4, -0.2) is 64.4 Å². The van der Waals surface area contributed by atoms with Crippen LogP contribution in [0.3, 0.4) is 0 Å². The van der Waals surface area contributed by atoms with Gasteiger partial charge in [0.05, 0.1) is 18.6 Å². The summed E-state index contributed by atoms with van der Waals surface area (Å²) in [6, 6.07) is 12.6. The van der Waals surface area contributed by atoms with E-state index < -0.39 is 0 Å². The maximum atomic E-state index is 12.9. The number of rotatable bonds is 7. The van der Waals surface area contributed by atoms with E-state index in [-0.39, 0.29) is 5.91 Å². The van der Waals surface area contributed by atoms with Gasteiger partial charge in [-0.15, -0.1) is 11.8 Å². The van der Waals surface area contributed by atoms with Crippen LogP contribution in [-0.2, 0) is 10.5 Å². The number of methoxy groups -OCH3 is 1. The summed E-state index contributed by atoms with van der Waals surface area (Å²) in [4.78, 5) is 26.8. The molecule has 180 valence electrons. The highest BCUT2D eigenvalue weighted by Gasteiger charge is 2.24.